The highest BCUT2D eigenvalue weighted by Gasteiger charge is 2.25. The van der Waals surface area contributed by atoms with Gasteiger partial charge in [0.05, 0.1) is 6.10 Å². The van der Waals surface area contributed by atoms with Gasteiger partial charge in [0.1, 0.15) is 5.82 Å². The van der Waals surface area contributed by atoms with Gasteiger partial charge in [-0.05, 0) is 30.5 Å². The van der Waals surface area contributed by atoms with Crippen molar-refractivity contribution in [2.75, 3.05) is 11.9 Å². The van der Waals surface area contributed by atoms with Crippen molar-refractivity contribution < 1.29 is 4.74 Å². The third kappa shape index (κ3) is 3.42. The Bertz CT molecular complexity index is 884. The van der Waals surface area contributed by atoms with E-state index < -0.39 is 0 Å². The van der Waals surface area contributed by atoms with Gasteiger partial charge in [0.2, 0.25) is 0 Å². The fourth-order valence-corrected chi connectivity index (χ4v) is 3.37. The van der Waals surface area contributed by atoms with Crippen LogP contribution in [0.1, 0.15) is 51.1 Å². The van der Waals surface area contributed by atoms with Gasteiger partial charge in [0, 0.05) is 18.1 Å². The average Bonchev–Trinajstić information content (AvgIpc) is 3.06. The van der Waals surface area contributed by atoms with Crippen molar-refractivity contribution in [3.63, 3.8) is 0 Å². The Kier molecular flexibility index (Phi) is 4.36. The molecule has 136 valence electrons. The standard InChI is InChI=1S/C20H25N5O/c1-20(2,3)19-23-22-18-10-9-17(24-25(18)19)21-15-11-12-26-16(13-15)14-7-5-4-6-8-14/h4-10,15-16H,11-13H2,1-3H3,(H,21,24). The summed E-state index contributed by atoms with van der Waals surface area (Å²) >= 11 is 0. The molecule has 2 atom stereocenters. The molecule has 0 spiro atoms. The van der Waals surface area contributed by atoms with Crippen LogP contribution in [-0.2, 0) is 10.2 Å². The number of ether oxygens (including phenoxy) is 1. The molecular formula is C20H25N5O. The monoisotopic (exact) mass is 351 g/mol. The van der Waals surface area contributed by atoms with E-state index in [1.165, 1.54) is 5.56 Å². The second-order valence-electron chi connectivity index (χ2n) is 7.90. The summed E-state index contributed by atoms with van der Waals surface area (Å²) in [5.41, 5.74) is 1.90. The predicted octanol–water partition coefficient (Wildman–Crippen LogP) is 3.75. The normalized spacial score (nSPS) is 21.0. The molecule has 1 aromatic carbocycles. The van der Waals surface area contributed by atoms with Crippen molar-refractivity contribution in [2.45, 2.75) is 51.2 Å². The number of benzene rings is 1. The molecule has 1 aliphatic heterocycles. The van der Waals surface area contributed by atoms with Crippen molar-refractivity contribution in [1.82, 2.24) is 19.8 Å². The molecule has 4 rings (SSSR count). The number of rotatable bonds is 3. The summed E-state index contributed by atoms with van der Waals surface area (Å²) in [6, 6.07) is 14.7. The van der Waals surface area contributed by atoms with Crippen LogP contribution in [0, 0.1) is 0 Å². The fourth-order valence-electron chi connectivity index (χ4n) is 3.37. The van der Waals surface area contributed by atoms with E-state index in [1.54, 1.807) is 0 Å². The summed E-state index contributed by atoms with van der Waals surface area (Å²) in [6.45, 7) is 7.11. The van der Waals surface area contributed by atoms with Crippen LogP contribution in [0.2, 0.25) is 0 Å². The van der Waals surface area contributed by atoms with E-state index in [0.29, 0.717) is 6.04 Å². The van der Waals surface area contributed by atoms with Crippen molar-refractivity contribution in [3.05, 3.63) is 53.9 Å². The third-order valence-electron chi connectivity index (χ3n) is 4.74. The fraction of sp³-hybridized carbons (Fsp3) is 0.450. The molecule has 3 aromatic rings. The Morgan fingerprint density at radius 2 is 1.88 bits per heavy atom. The highest BCUT2D eigenvalue weighted by atomic mass is 16.5. The third-order valence-corrected chi connectivity index (χ3v) is 4.74. The van der Waals surface area contributed by atoms with Crippen LogP contribution in [0.15, 0.2) is 42.5 Å². The number of hydrogen-bond donors (Lipinski definition) is 1. The maximum atomic E-state index is 5.97. The summed E-state index contributed by atoms with van der Waals surface area (Å²) in [5, 5.41) is 16.8. The van der Waals surface area contributed by atoms with E-state index in [4.69, 9.17) is 9.84 Å². The molecule has 2 unspecified atom stereocenters. The van der Waals surface area contributed by atoms with E-state index in [-0.39, 0.29) is 11.5 Å². The Balaban J connectivity index is 1.53. The van der Waals surface area contributed by atoms with Crippen molar-refractivity contribution >= 4 is 11.5 Å². The molecule has 3 heterocycles. The van der Waals surface area contributed by atoms with Gasteiger partial charge in [0.25, 0.3) is 0 Å². The quantitative estimate of drug-likeness (QED) is 0.778. The lowest BCUT2D eigenvalue weighted by molar-refractivity contribution is 0.00973. The van der Waals surface area contributed by atoms with Crippen molar-refractivity contribution in [1.29, 1.82) is 0 Å². The first kappa shape index (κ1) is 17.0. The molecule has 1 aliphatic rings. The Labute approximate surface area is 153 Å². The van der Waals surface area contributed by atoms with Gasteiger partial charge in [-0.2, -0.15) is 4.52 Å². The SMILES string of the molecule is CC(C)(C)c1nnc2ccc(NC3CCOC(c4ccccc4)C3)nn12. The Morgan fingerprint density at radius 3 is 2.65 bits per heavy atom. The van der Waals surface area contributed by atoms with Gasteiger partial charge in [-0.1, -0.05) is 51.1 Å². The van der Waals surface area contributed by atoms with Crippen LogP contribution in [0.25, 0.3) is 5.65 Å². The van der Waals surface area contributed by atoms with Gasteiger partial charge in [0.15, 0.2) is 11.5 Å². The molecule has 2 aromatic heterocycles. The summed E-state index contributed by atoms with van der Waals surface area (Å²) in [5.74, 6) is 1.71. The summed E-state index contributed by atoms with van der Waals surface area (Å²) < 4.78 is 7.81. The van der Waals surface area contributed by atoms with E-state index >= 15 is 0 Å². The highest BCUT2D eigenvalue weighted by Crippen LogP contribution is 2.29. The maximum Gasteiger partial charge on any atom is 0.178 e. The number of hydrogen-bond acceptors (Lipinski definition) is 5. The zero-order chi connectivity index (χ0) is 18.1. The minimum absolute atomic E-state index is 0.109. The van der Waals surface area contributed by atoms with E-state index in [1.807, 2.05) is 22.7 Å². The van der Waals surface area contributed by atoms with Crippen molar-refractivity contribution in [2.24, 2.45) is 0 Å². The van der Waals surface area contributed by atoms with Gasteiger partial charge in [-0.3, -0.25) is 0 Å². The van der Waals surface area contributed by atoms with Gasteiger partial charge >= 0.3 is 0 Å². The molecule has 1 saturated heterocycles. The number of fused-ring (bicyclic) bond motifs is 1. The minimum Gasteiger partial charge on any atom is -0.373 e. The molecule has 1 N–H and O–H groups in total. The lowest BCUT2D eigenvalue weighted by Gasteiger charge is -2.30. The molecule has 26 heavy (non-hydrogen) atoms. The summed E-state index contributed by atoms with van der Waals surface area (Å²) in [4.78, 5) is 0. The molecule has 0 bridgehead atoms. The first-order valence-corrected chi connectivity index (χ1v) is 9.17. The Hall–Kier alpha value is -2.47. The zero-order valence-corrected chi connectivity index (χ0v) is 15.5. The van der Waals surface area contributed by atoms with Gasteiger partial charge < -0.3 is 10.1 Å². The molecule has 6 nitrogen and oxygen atoms in total. The van der Waals surface area contributed by atoms with Gasteiger partial charge in [-0.15, -0.1) is 15.3 Å². The summed E-state index contributed by atoms with van der Waals surface area (Å²) in [7, 11) is 0. The zero-order valence-electron chi connectivity index (χ0n) is 15.5. The number of anilines is 1. The highest BCUT2D eigenvalue weighted by molar-refractivity contribution is 5.45. The van der Waals surface area contributed by atoms with Crippen LogP contribution in [0.4, 0.5) is 5.82 Å². The summed E-state index contributed by atoms with van der Waals surface area (Å²) in [6.07, 6.45) is 2.03. The van der Waals surface area contributed by atoms with Crippen LogP contribution >= 0.6 is 0 Å². The number of nitrogens with zero attached hydrogens (tertiary/aromatic N) is 4. The first-order chi connectivity index (χ1) is 12.5. The molecule has 0 amide bonds. The largest absolute Gasteiger partial charge is 0.373 e. The smallest absolute Gasteiger partial charge is 0.178 e. The molecular weight excluding hydrogens is 326 g/mol. The van der Waals surface area contributed by atoms with Crippen LogP contribution in [0.5, 0.6) is 0 Å². The molecule has 1 fully saturated rings. The molecule has 0 saturated carbocycles. The van der Waals surface area contributed by atoms with E-state index in [9.17, 15) is 0 Å². The average molecular weight is 351 g/mol. The second-order valence-corrected chi connectivity index (χ2v) is 7.90. The van der Waals surface area contributed by atoms with Crippen molar-refractivity contribution in [3.8, 4) is 0 Å². The lowest BCUT2D eigenvalue weighted by atomic mass is 9.96. The van der Waals surface area contributed by atoms with Crippen LogP contribution < -0.4 is 5.32 Å². The number of nitrogens with one attached hydrogen (secondary N) is 1. The topological polar surface area (TPSA) is 64.3 Å². The van der Waals surface area contributed by atoms with Crippen LogP contribution in [0.3, 0.4) is 0 Å². The molecule has 0 radical (unpaired) electrons. The maximum absolute atomic E-state index is 5.97. The minimum atomic E-state index is -0.109. The Morgan fingerprint density at radius 1 is 1.08 bits per heavy atom. The second kappa shape index (κ2) is 6.68. The molecule has 0 aliphatic carbocycles. The lowest BCUT2D eigenvalue weighted by Crippen LogP contribution is -2.30. The number of aromatic nitrogens is 4. The van der Waals surface area contributed by atoms with E-state index in [2.05, 4.69) is 60.6 Å². The molecule has 6 heteroatoms. The van der Waals surface area contributed by atoms with Crippen LogP contribution in [-0.4, -0.2) is 32.5 Å². The van der Waals surface area contributed by atoms with E-state index in [0.717, 1.165) is 36.7 Å². The predicted molar refractivity (Wildman–Crippen MR) is 101 cm³/mol. The first-order valence-electron chi connectivity index (χ1n) is 9.17. The van der Waals surface area contributed by atoms with Gasteiger partial charge in [-0.25, -0.2) is 0 Å².